The van der Waals surface area contributed by atoms with Gasteiger partial charge in [0.25, 0.3) is 0 Å². The number of ether oxygens (including phenoxy) is 1. The van der Waals surface area contributed by atoms with Crippen molar-refractivity contribution in [2.75, 3.05) is 5.32 Å². The zero-order valence-electron chi connectivity index (χ0n) is 14.2. The second kappa shape index (κ2) is 7.06. The van der Waals surface area contributed by atoms with Crippen molar-refractivity contribution in [1.29, 1.82) is 0 Å². The van der Waals surface area contributed by atoms with Gasteiger partial charge in [-0.15, -0.1) is 10.2 Å². The Balaban J connectivity index is 1.53. The van der Waals surface area contributed by atoms with E-state index in [0.29, 0.717) is 11.8 Å². The summed E-state index contributed by atoms with van der Waals surface area (Å²) < 4.78 is 5.84. The highest BCUT2D eigenvalue weighted by atomic mass is 16.5. The predicted molar refractivity (Wildman–Crippen MR) is 101 cm³/mol. The molecule has 0 radical (unpaired) electrons. The highest BCUT2D eigenvalue weighted by Crippen LogP contribution is 2.26. The molecular weight excluding hydrogens is 326 g/mol. The van der Waals surface area contributed by atoms with Gasteiger partial charge in [0.1, 0.15) is 11.5 Å². The SMILES string of the molecule is Cc1cccc(Nc2nnc(-c3cccc(Oc4ccncc4)c3)[nH]2)c1. The molecule has 26 heavy (non-hydrogen) atoms. The van der Waals surface area contributed by atoms with Crippen molar-refractivity contribution >= 4 is 11.6 Å². The molecule has 2 aromatic carbocycles. The van der Waals surface area contributed by atoms with Crippen LogP contribution in [0.5, 0.6) is 11.5 Å². The number of aryl methyl sites for hydroxylation is 1. The fourth-order valence-corrected chi connectivity index (χ4v) is 2.56. The number of nitrogens with one attached hydrogen (secondary N) is 2. The van der Waals surface area contributed by atoms with Gasteiger partial charge < -0.3 is 15.0 Å². The Morgan fingerprint density at radius 3 is 2.58 bits per heavy atom. The maximum atomic E-state index is 5.84. The van der Waals surface area contributed by atoms with Crippen LogP contribution in [-0.2, 0) is 0 Å². The van der Waals surface area contributed by atoms with E-state index < -0.39 is 0 Å². The monoisotopic (exact) mass is 343 g/mol. The van der Waals surface area contributed by atoms with Crippen molar-refractivity contribution in [3.05, 3.63) is 78.6 Å². The maximum Gasteiger partial charge on any atom is 0.226 e. The smallest absolute Gasteiger partial charge is 0.226 e. The Kier molecular flexibility index (Phi) is 4.30. The van der Waals surface area contributed by atoms with E-state index in [1.54, 1.807) is 12.4 Å². The molecule has 0 unspecified atom stereocenters. The molecule has 0 saturated heterocycles. The number of benzene rings is 2. The van der Waals surface area contributed by atoms with Crippen molar-refractivity contribution in [2.45, 2.75) is 6.92 Å². The van der Waals surface area contributed by atoms with Crippen LogP contribution in [0.3, 0.4) is 0 Å². The highest BCUT2D eigenvalue weighted by Gasteiger charge is 2.07. The summed E-state index contributed by atoms with van der Waals surface area (Å²) in [6.45, 7) is 2.05. The molecule has 2 aromatic heterocycles. The molecule has 2 heterocycles. The summed E-state index contributed by atoms with van der Waals surface area (Å²) in [7, 11) is 0. The molecule has 0 fully saturated rings. The minimum absolute atomic E-state index is 0.589. The van der Waals surface area contributed by atoms with Crippen LogP contribution in [0.1, 0.15) is 5.56 Å². The zero-order chi connectivity index (χ0) is 17.8. The quantitative estimate of drug-likeness (QED) is 0.549. The molecule has 0 amide bonds. The lowest BCUT2D eigenvalue weighted by Crippen LogP contribution is -1.92. The second-order valence-corrected chi connectivity index (χ2v) is 5.83. The molecule has 128 valence electrons. The van der Waals surface area contributed by atoms with Crippen LogP contribution in [0.15, 0.2) is 73.1 Å². The highest BCUT2D eigenvalue weighted by molar-refractivity contribution is 5.61. The second-order valence-electron chi connectivity index (χ2n) is 5.83. The van der Waals surface area contributed by atoms with E-state index in [9.17, 15) is 0 Å². The molecule has 6 heteroatoms. The number of nitrogens with zero attached hydrogens (tertiary/aromatic N) is 3. The number of hydrogen-bond acceptors (Lipinski definition) is 5. The molecule has 6 nitrogen and oxygen atoms in total. The third-order valence-electron chi connectivity index (χ3n) is 3.76. The summed E-state index contributed by atoms with van der Waals surface area (Å²) in [5.74, 6) is 2.71. The molecule has 2 N–H and O–H groups in total. The third kappa shape index (κ3) is 3.70. The van der Waals surface area contributed by atoms with Gasteiger partial charge in [0.2, 0.25) is 5.95 Å². The Labute approximate surface area is 150 Å². The maximum absolute atomic E-state index is 5.84. The molecule has 0 bridgehead atoms. The van der Waals surface area contributed by atoms with Gasteiger partial charge in [-0.25, -0.2) is 0 Å². The molecule has 0 aliphatic carbocycles. The van der Waals surface area contributed by atoms with Gasteiger partial charge in [0.15, 0.2) is 5.82 Å². The van der Waals surface area contributed by atoms with E-state index >= 15 is 0 Å². The van der Waals surface area contributed by atoms with Gasteiger partial charge in [-0.2, -0.15) is 0 Å². The minimum Gasteiger partial charge on any atom is -0.457 e. The predicted octanol–water partition coefficient (Wildman–Crippen LogP) is 4.71. The van der Waals surface area contributed by atoms with Crippen molar-refractivity contribution in [1.82, 2.24) is 20.2 Å². The zero-order valence-corrected chi connectivity index (χ0v) is 14.2. The fourth-order valence-electron chi connectivity index (χ4n) is 2.56. The van der Waals surface area contributed by atoms with Crippen LogP contribution < -0.4 is 10.1 Å². The van der Waals surface area contributed by atoms with Crippen LogP contribution in [0, 0.1) is 6.92 Å². The number of rotatable bonds is 5. The molecular formula is C20H17N5O. The number of hydrogen-bond donors (Lipinski definition) is 2. The summed E-state index contributed by atoms with van der Waals surface area (Å²) in [4.78, 5) is 7.17. The first-order chi connectivity index (χ1) is 12.8. The molecule has 0 saturated carbocycles. The number of H-pyrrole nitrogens is 1. The van der Waals surface area contributed by atoms with E-state index in [2.05, 4.69) is 25.5 Å². The lowest BCUT2D eigenvalue weighted by Gasteiger charge is -2.06. The number of aromatic amines is 1. The molecule has 0 aliphatic rings. The summed E-state index contributed by atoms with van der Waals surface area (Å²) >= 11 is 0. The van der Waals surface area contributed by atoms with Crippen molar-refractivity contribution < 1.29 is 4.74 Å². The average Bonchev–Trinajstić information content (AvgIpc) is 3.11. The lowest BCUT2D eigenvalue weighted by molar-refractivity contribution is 0.482. The first-order valence-corrected chi connectivity index (χ1v) is 8.21. The molecule has 0 spiro atoms. The molecule has 0 aliphatic heterocycles. The van der Waals surface area contributed by atoms with Crippen molar-refractivity contribution in [3.8, 4) is 22.9 Å². The normalized spacial score (nSPS) is 10.5. The van der Waals surface area contributed by atoms with E-state index in [-0.39, 0.29) is 0 Å². The Morgan fingerprint density at radius 1 is 0.885 bits per heavy atom. The summed E-state index contributed by atoms with van der Waals surface area (Å²) in [6, 6.07) is 19.4. The van der Waals surface area contributed by atoms with Gasteiger partial charge >= 0.3 is 0 Å². The van der Waals surface area contributed by atoms with Gasteiger partial charge in [0, 0.05) is 23.6 Å². The molecule has 4 aromatic rings. The van der Waals surface area contributed by atoms with Gasteiger partial charge in [-0.3, -0.25) is 4.98 Å². The lowest BCUT2D eigenvalue weighted by atomic mass is 10.2. The van der Waals surface area contributed by atoms with E-state index in [1.807, 2.05) is 67.6 Å². The molecule has 4 rings (SSSR count). The summed E-state index contributed by atoms with van der Waals surface area (Å²) in [6.07, 6.45) is 3.39. The van der Waals surface area contributed by atoms with Gasteiger partial charge in [0.05, 0.1) is 0 Å². The number of anilines is 2. The molecule has 0 atom stereocenters. The van der Waals surface area contributed by atoms with Crippen molar-refractivity contribution in [2.24, 2.45) is 0 Å². The Morgan fingerprint density at radius 2 is 1.73 bits per heavy atom. The van der Waals surface area contributed by atoms with E-state index in [1.165, 1.54) is 5.56 Å². The third-order valence-corrected chi connectivity index (χ3v) is 3.76. The Hall–Kier alpha value is -3.67. The summed E-state index contributed by atoms with van der Waals surface area (Å²) in [5.41, 5.74) is 3.03. The van der Waals surface area contributed by atoms with Crippen LogP contribution >= 0.6 is 0 Å². The first kappa shape index (κ1) is 15.8. The van der Waals surface area contributed by atoms with Gasteiger partial charge in [-0.1, -0.05) is 24.3 Å². The van der Waals surface area contributed by atoms with Crippen LogP contribution in [0.4, 0.5) is 11.6 Å². The first-order valence-electron chi connectivity index (χ1n) is 8.21. The average molecular weight is 343 g/mol. The number of aromatic nitrogens is 4. The van der Waals surface area contributed by atoms with E-state index in [0.717, 1.165) is 22.7 Å². The van der Waals surface area contributed by atoms with Crippen LogP contribution in [-0.4, -0.2) is 20.2 Å². The minimum atomic E-state index is 0.589. The van der Waals surface area contributed by atoms with Crippen molar-refractivity contribution in [3.63, 3.8) is 0 Å². The topological polar surface area (TPSA) is 75.7 Å². The van der Waals surface area contributed by atoms with Crippen LogP contribution in [0.25, 0.3) is 11.4 Å². The standard InChI is InChI=1S/C20H17N5O/c1-14-4-2-6-16(12-14)22-20-23-19(24-25-20)15-5-3-7-18(13-15)26-17-8-10-21-11-9-17/h2-13H,1H3,(H2,22,23,24,25). The van der Waals surface area contributed by atoms with Crippen LogP contribution in [0.2, 0.25) is 0 Å². The largest absolute Gasteiger partial charge is 0.457 e. The fraction of sp³-hybridized carbons (Fsp3) is 0.0500. The number of pyridine rings is 1. The summed E-state index contributed by atoms with van der Waals surface area (Å²) in [5, 5.41) is 11.6. The Bertz CT molecular complexity index is 1010. The van der Waals surface area contributed by atoms with Gasteiger partial charge in [-0.05, 0) is 48.9 Å². The van der Waals surface area contributed by atoms with E-state index in [4.69, 9.17) is 4.74 Å².